The van der Waals surface area contributed by atoms with Gasteiger partial charge in [0.15, 0.2) is 6.10 Å². The maximum absolute atomic E-state index is 13.9. The summed E-state index contributed by atoms with van der Waals surface area (Å²) >= 11 is 0. The molecule has 0 aromatic heterocycles. The third-order valence-corrected chi connectivity index (χ3v) is 2.95. The second-order valence-electron chi connectivity index (χ2n) is 3.91. The Bertz CT molecular complexity index is 295. The van der Waals surface area contributed by atoms with Crippen molar-refractivity contribution in [1.82, 2.24) is 0 Å². The molecule has 84 valence electrons. The molecule has 4 heteroatoms. The molecule has 0 aliphatic carbocycles. The molecule has 0 amide bonds. The molecule has 2 N–H and O–H groups in total. The Hall–Kier alpha value is -0.920. The lowest BCUT2D eigenvalue weighted by Crippen LogP contribution is -2.30. The van der Waals surface area contributed by atoms with E-state index in [1.165, 1.54) is 0 Å². The molecule has 3 nitrogen and oxygen atoms in total. The van der Waals surface area contributed by atoms with Gasteiger partial charge in [0, 0.05) is 5.57 Å². The van der Waals surface area contributed by atoms with E-state index in [1.54, 1.807) is 0 Å². The Morgan fingerprint density at radius 2 is 2.47 bits per heavy atom. The number of nitrogens with zero attached hydrogens (tertiary/aromatic N) is 1. The molecule has 1 fully saturated rings. The van der Waals surface area contributed by atoms with E-state index in [4.69, 9.17) is 15.7 Å². The van der Waals surface area contributed by atoms with E-state index in [1.807, 2.05) is 19.9 Å². The Balaban J connectivity index is 2.85. The highest BCUT2D eigenvalue weighted by atomic mass is 19.1. The third kappa shape index (κ3) is 2.55. The van der Waals surface area contributed by atoms with Crippen LogP contribution >= 0.6 is 0 Å². The van der Waals surface area contributed by atoms with Gasteiger partial charge in [-0.1, -0.05) is 20.3 Å². The molecule has 0 aromatic carbocycles. The Morgan fingerprint density at radius 1 is 1.80 bits per heavy atom. The first-order chi connectivity index (χ1) is 7.11. The van der Waals surface area contributed by atoms with Crippen molar-refractivity contribution in [3.05, 3.63) is 11.4 Å². The highest BCUT2D eigenvalue weighted by Gasteiger charge is 2.29. The van der Waals surface area contributed by atoms with E-state index in [0.29, 0.717) is 18.6 Å². The fourth-order valence-electron chi connectivity index (χ4n) is 1.60. The number of ether oxygens (including phenoxy) is 1. The van der Waals surface area contributed by atoms with E-state index in [0.717, 1.165) is 6.42 Å². The Kier molecular flexibility index (Phi) is 4.25. The van der Waals surface area contributed by atoms with Gasteiger partial charge in [-0.05, 0) is 12.3 Å². The van der Waals surface area contributed by atoms with Gasteiger partial charge in [-0.25, -0.2) is 4.39 Å². The number of rotatable bonds is 3. The van der Waals surface area contributed by atoms with Crippen molar-refractivity contribution in [2.24, 2.45) is 11.7 Å². The Morgan fingerprint density at radius 3 is 3.00 bits per heavy atom. The fraction of sp³-hybridized carbons (Fsp3) is 0.727. The molecule has 1 aliphatic rings. The van der Waals surface area contributed by atoms with Crippen LogP contribution in [0.15, 0.2) is 11.4 Å². The van der Waals surface area contributed by atoms with Crippen LogP contribution in [0.5, 0.6) is 0 Å². The molecule has 3 unspecified atom stereocenters. The van der Waals surface area contributed by atoms with Gasteiger partial charge in [0.2, 0.25) is 0 Å². The summed E-state index contributed by atoms with van der Waals surface area (Å²) in [7, 11) is 0. The van der Waals surface area contributed by atoms with E-state index >= 15 is 0 Å². The van der Waals surface area contributed by atoms with E-state index in [-0.39, 0.29) is 11.7 Å². The van der Waals surface area contributed by atoms with Crippen LogP contribution in [0.2, 0.25) is 0 Å². The predicted octanol–water partition coefficient (Wildman–Crippen LogP) is 1.90. The second kappa shape index (κ2) is 5.24. The van der Waals surface area contributed by atoms with Crippen molar-refractivity contribution >= 4 is 0 Å². The van der Waals surface area contributed by atoms with Gasteiger partial charge in [-0.3, -0.25) is 0 Å². The minimum absolute atomic E-state index is 0.0810. The van der Waals surface area contributed by atoms with Crippen LogP contribution in [0.25, 0.3) is 0 Å². The van der Waals surface area contributed by atoms with Crippen molar-refractivity contribution in [2.75, 3.05) is 6.61 Å². The van der Waals surface area contributed by atoms with Gasteiger partial charge in [0.25, 0.3) is 0 Å². The average Bonchev–Trinajstić information content (AvgIpc) is 2.73. The minimum atomic E-state index is -0.736. The lowest BCUT2D eigenvalue weighted by molar-refractivity contribution is 0.159. The summed E-state index contributed by atoms with van der Waals surface area (Å²) in [6, 6.07) is 1.32. The van der Waals surface area contributed by atoms with Gasteiger partial charge in [-0.15, -0.1) is 0 Å². The maximum Gasteiger partial charge on any atom is 0.168 e. The van der Waals surface area contributed by atoms with Crippen molar-refractivity contribution < 1.29 is 9.13 Å². The second-order valence-corrected chi connectivity index (χ2v) is 3.91. The minimum Gasteiger partial charge on any atom is -0.358 e. The van der Waals surface area contributed by atoms with Gasteiger partial charge >= 0.3 is 0 Å². The van der Waals surface area contributed by atoms with E-state index in [2.05, 4.69) is 0 Å². The first-order valence-corrected chi connectivity index (χ1v) is 5.27. The van der Waals surface area contributed by atoms with Crippen molar-refractivity contribution in [1.29, 1.82) is 5.26 Å². The maximum atomic E-state index is 13.9. The quantitative estimate of drug-likeness (QED) is 0.777. The van der Waals surface area contributed by atoms with Crippen molar-refractivity contribution in [2.45, 2.75) is 38.8 Å². The van der Waals surface area contributed by atoms with E-state index < -0.39 is 12.1 Å². The van der Waals surface area contributed by atoms with Crippen LogP contribution in [0.4, 0.5) is 4.39 Å². The molecule has 0 saturated carbocycles. The van der Waals surface area contributed by atoms with Crippen LogP contribution in [0.3, 0.4) is 0 Å². The van der Waals surface area contributed by atoms with Gasteiger partial charge in [0.1, 0.15) is 5.83 Å². The lowest BCUT2D eigenvalue weighted by atomic mass is 9.95. The summed E-state index contributed by atoms with van der Waals surface area (Å²) in [5.74, 6) is -0.272. The fourth-order valence-corrected chi connectivity index (χ4v) is 1.60. The molecule has 0 radical (unpaired) electrons. The third-order valence-electron chi connectivity index (χ3n) is 2.95. The average molecular weight is 212 g/mol. The molecule has 1 saturated heterocycles. The summed E-state index contributed by atoms with van der Waals surface area (Å²) in [5.41, 5.74) is 6.21. The molecule has 1 aliphatic heterocycles. The number of hydrogen-bond acceptors (Lipinski definition) is 3. The molecule has 1 rings (SSSR count). The highest BCUT2D eigenvalue weighted by Crippen LogP contribution is 2.27. The van der Waals surface area contributed by atoms with Crippen LogP contribution < -0.4 is 5.73 Å². The number of halogens is 1. The van der Waals surface area contributed by atoms with Crippen LogP contribution in [0.1, 0.15) is 26.7 Å². The topological polar surface area (TPSA) is 59.0 Å². The van der Waals surface area contributed by atoms with Crippen LogP contribution in [0, 0.1) is 17.2 Å². The predicted molar refractivity (Wildman–Crippen MR) is 55.5 cm³/mol. The molecule has 0 aromatic rings. The normalized spacial score (nSPS) is 28.3. The van der Waals surface area contributed by atoms with E-state index in [9.17, 15) is 4.39 Å². The highest BCUT2D eigenvalue weighted by molar-refractivity contribution is 5.26. The van der Waals surface area contributed by atoms with Crippen LogP contribution in [-0.2, 0) is 4.74 Å². The molecule has 15 heavy (non-hydrogen) atoms. The molecule has 0 spiro atoms. The monoisotopic (exact) mass is 212 g/mol. The number of nitriles is 1. The van der Waals surface area contributed by atoms with Crippen LogP contribution in [-0.4, -0.2) is 18.8 Å². The summed E-state index contributed by atoms with van der Waals surface area (Å²) in [6.07, 6.45) is 0.564. The zero-order valence-corrected chi connectivity index (χ0v) is 9.16. The SMILES string of the molecule is CCC(C)C(N)/C(F)=C1\CCOC1C#N. The van der Waals surface area contributed by atoms with Crippen molar-refractivity contribution in [3.63, 3.8) is 0 Å². The largest absolute Gasteiger partial charge is 0.358 e. The van der Waals surface area contributed by atoms with Gasteiger partial charge in [0.05, 0.1) is 18.7 Å². The van der Waals surface area contributed by atoms with Gasteiger partial charge < -0.3 is 10.5 Å². The number of nitrogens with two attached hydrogens (primary N) is 1. The smallest absolute Gasteiger partial charge is 0.168 e. The zero-order chi connectivity index (χ0) is 11.4. The first kappa shape index (κ1) is 12.2. The van der Waals surface area contributed by atoms with Gasteiger partial charge in [-0.2, -0.15) is 5.26 Å². The molecular weight excluding hydrogens is 195 g/mol. The summed E-state index contributed by atoms with van der Waals surface area (Å²) in [6.45, 7) is 4.28. The molecular formula is C11H17FN2O. The lowest BCUT2D eigenvalue weighted by Gasteiger charge is -2.18. The first-order valence-electron chi connectivity index (χ1n) is 5.27. The molecule has 1 heterocycles. The zero-order valence-electron chi connectivity index (χ0n) is 9.16. The molecule has 0 bridgehead atoms. The summed E-state index contributed by atoms with van der Waals surface area (Å²) < 4.78 is 19.0. The standard InChI is InChI=1S/C11H17FN2O/c1-3-7(2)11(14)10(12)8-4-5-15-9(8)6-13/h7,9,11H,3-5,14H2,1-2H3/b10-8-. The Labute approximate surface area is 89.7 Å². The molecule has 3 atom stereocenters. The summed E-state index contributed by atoms with van der Waals surface area (Å²) in [5, 5.41) is 8.75. The number of hydrogen-bond donors (Lipinski definition) is 1. The summed E-state index contributed by atoms with van der Waals surface area (Å²) in [4.78, 5) is 0. The van der Waals surface area contributed by atoms with Crippen molar-refractivity contribution in [3.8, 4) is 6.07 Å².